The zero-order valence-corrected chi connectivity index (χ0v) is 12.4. The van der Waals surface area contributed by atoms with Crippen LogP contribution in [0.5, 0.6) is 0 Å². The molecule has 0 N–H and O–H groups in total. The highest BCUT2D eigenvalue weighted by atomic mass is 15.1. The van der Waals surface area contributed by atoms with Crippen molar-refractivity contribution in [2.45, 2.75) is 51.9 Å². The minimum absolute atomic E-state index is 0.740. The topological polar surface area (TPSA) is 27.0 Å². The van der Waals surface area contributed by atoms with Crippen LogP contribution >= 0.6 is 0 Å². The summed E-state index contributed by atoms with van der Waals surface area (Å²) < 4.78 is 0. The van der Waals surface area contributed by atoms with Crippen molar-refractivity contribution in [1.82, 2.24) is 0 Å². The normalized spacial score (nSPS) is 10.2. The zero-order chi connectivity index (χ0) is 13.9. The van der Waals surface area contributed by atoms with Gasteiger partial charge in [-0.1, -0.05) is 51.5 Å². The molecule has 19 heavy (non-hydrogen) atoms. The summed E-state index contributed by atoms with van der Waals surface area (Å²) in [7, 11) is 2.10. The molecule has 104 valence electrons. The Balaban J connectivity index is 2.20. The minimum atomic E-state index is 0.740. The summed E-state index contributed by atoms with van der Waals surface area (Å²) >= 11 is 0. The molecule has 0 amide bonds. The van der Waals surface area contributed by atoms with E-state index in [1.807, 2.05) is 18.2 Å². The zero-order valence-electron chi connectivity index (χ0n) is 12.4. The van der Waals surface area contributed by atoms with Gasteiger partial charge in [0.15, 0.2) is 0 Å². The fourth-order valence-electron chi connectivity index (χ4n) is 2.25. The monoisotopic (exact) mass is 258 g/mol. The molecule has 0 atom stereocenters. The van der Waals surface area contributed by atoms with Gasteiger partial charge in [0.1, 0.15) is 0 Å². The van der Waals surface area contributed by atoms with E-state index in [2.05, 4.69) is 31.0 Å². The fourth-order valence-corrected chi connectivity index (χ4v) is 2.25. The van der Waals surface area contributed by atoms with Crippen molar-refractivity contribution in [3.05, 3.63) is 29.8 Å². The number of nitriles is 1. The molecule has 1 aromatic rings. The molecule has 0 aliphatic carbocycles. The van der Waals surface area contributed by atoms with Crippen LogP contribution in [0.2, 0.25) is 0 Å². The van der Waals surface area contributed by atoms with E-state index in [4.69, 9.17) is 5.26 Å². The maximum absolute atomic E-state index is 8.89. The van der Waals surface area contributed by atoms with Crippen LogP contribution in [0.15, 0.2) is 24.3 Å². The largest absolute Gasteiger partial charge is 0.375 e. The number of nitrogens with zero attached hydrogens (tertiary/aromatic N) is 2. The van der Waals surface area contributed by atoms with Gasteiger partial charge < -0.3 is 4.90 Å². The standard InChI is InChI=1S/C17H26N2/c1-3-4-5-6-7-8-9-13-19(2)17-12-10-11-16(14-17)15-18/h10-12,14H,3-9,13H2,1-2H3. The van der Waals surface area contributed by atoms with Crippen LogP contribution in [-0.2, 0) is 0 Å². The summed E-state index contributed by atoms with van der Waals surface area (Å²) in [5.41, 5.74) is 1.88. The predicted molar refractivity (Wildman–Crippen MR) is 82.4 cm³/mol. The summed E-state index contributed by atoms with van der Waals surface area (Å²) in [6.45, 7) is 3.33. The van der Waals surface area contributed by atoms with Crippen LogP contribution in [0.1, 0.15) is 57.4 Å². The SMILES string of the molecule is CCCCCCCCCN(C)c1cccc(C#N)c1. The maximum Gasteiger partial charge on any atom is 0.0992 e. The summed E-state index contributed by atoms with van der Waals surface area (Å²) in [5, 5.41) is 8.89. The fraction of sp³-hybridized carbons (Fsp3) is 0.588. The molecule has 1 rings (SSSR count). The van der Waals surface area contributed by atoms with Crippen molar-refractivity contribution >= 4 is 5.69 Å². The van der Waals surface area contributed by atoms with E-state index in [1.54, 1.807) is 0 Å². The molecule has 1 aromatic carbocycles. The molecule has 0 aromatic heterocycles. The molecule has 0 aliphatic rings. The molecular weight excluding hydrogens is 232 g/mol. The summed E-state index contributed by atoms with van der Waals surface area (Å²) in [6, 6.07) is 10.0. The van der Waals surface area contributed by atoms with Gasteiger partial charge >= 0.3 is 0 Å². The Labute approximate surface area is 118 Å². The van der Waals surface area contributed by atoms with Crippen LogP contribution in [0, 0.1) is 11.3 Å². The Kier molecular flexibility index (Phi) is 7.74. The number of hydrogen-bond acceptors (Lipinski definition) is 2. The number of rotatable bonds is 9. The van der Waals surface area contributed by atoms with Crippen LogP contribution in [0.4, 0.5) is 5.69 Å². The summed E-state index contributed by atoms with van der Waals surface area (Å²) in [5.74, 6) is 0. The lowest BCUT2D eigenvalue weighted by Gasteiger charge is -2.19. The van der Waals surface area contributed by atoms with Crippen LogP contribution < -0.4 is 4.90 Å². The Morgan fingerprint density at radius 2 is 1.74 bits per heavy atom. The molecular formula is C17H26N2. The maximum atomic E-state index is 8.89. The highest BCUT2D eigenvalue weighted by molar-refractivity contribution is 5.50. The number of benzene rings is 1. The molecule has 0 radical (unpaired) electrons. The predicted octanol–water partition coefficient (Wildman–Crippen LogP) is 4.75. The van der Waals surface area contributed by atoms with E-state index in [-0.39, 0.29) is 0 Å². The lowest BCUT2D eigenvalue weighted by Crippen LogP contribution is -2.18. The lowest BCUT2D eigenvalue weighted by atomic mass is 10.1. The van der Waals surface area contributed by atoms with Crippen molar-refractivity contribution in [1.29, 1.82) is 5.26 Å². The number of anilines is 1. The van der Waals surface area contributed by atoms with Crippen molar-refractivity contribution in [2.24, 2.45) is 0 Å². The smallest absolute Gasteiger partial charge is 0.0992 e. The third-order valence-electron chi connectivity index (χ3n) is 3.51. The van der Waals surface area contributed by atoms with Gasteiger partial charge in [-0.25, -0.2) is 0 Å². The van der Waals surface area contributed by atoms with Crippen LogP contribution in [-0.4, -0.2) is 13.6 Å². The first-order chi connectivity index (χ1) is 9.27. The molecule has 0 saturated carbocycles. The van der Waals surface area contributed by atoms with E-state index >= 15 is 0 Å². The Hall–Kier alpha value is -1.49. The van der Waals surface area contributed by atoms with Gasteiger partial charge in [0, 0.05) is 19.3 Å². The van der Waals surface area contributed by atoms with E-state index in [0.29, 0.717) is 0 Å². The van der Waals surface area contributed by atoms with E-state index in [0.717, 1.165) is 17.8 Å². The average molecular weight is 258 g/mol. The van der Waals surface area contributed by atoms with Gasteiger partial charge in [0.05, 0.1) is 11.6 Å². The highest BCUT2D eigenvalue weighted by Crippen LogP contribution is 2.15. The van der Waals surface area contributed by atoms with Gasteiger partial charge in [-0.05, 0) is 24.6 Å². The quantitative estimate of drug-likeness (QED) is 0.598. The first-order valence-corrected chi connectivity index (χ1v) is 7.49. The van der Waals surface area contributed by atoms with E-state index in [9.17, 15) is 0 Å². The Morgan fingerprint density at radius 1 is 1.05 bits per heavy atom. The van der Waals surface area contributed by atoms with Crippen molar-refractivity contribution in [3.8, 4) is 6.07 Å². The number of unbranched alkanes of at least 4 members (excludes halogenated alkanes) is 6. The van der Waals surface area contributed by atoms with Gasteiger partial charge in [-0.3, -0.25) is 0 Å². The minimum Gasteiger partial charge on any atom is -0.375 e. The number of hydrogen-bond donors (Lipinski definition) is 0. The molecule has 2 nitrogen and oxygen atoms in total. The second-order valence-corrected chi connectivity index (χ2v) is 5.21. The van der Waals surface area contributed by atoms with Crippen molar-refractivity contribution in [3.63, 3.8) is 0 Å². The highest BCUT2D eigenvalue weighted by Gasteiger charge is 2.01. The Morgan fingerprint density at radius 3 is 2.42 bits per heavy atom. The molecule has 0 aliphatic heterocycles. The molecule has 0 heterocycles. The van der Waals surface area contributed by atoms with Gasteiger partial charge in [0.25, 0.3) is 0 Å². The van der Waals surface area contributed by atoms with E-state index < -0.39 is 0 Å². The molecule has 0 bridgehead atoms. The molecule has 0 unspecified atom stereocenters. The third-order valence-corrected chi connectivity index (χ3v) is 3.51. The molecule has 2 heteroatoms. The van der Waals surface area contributed by atoms with Crippen LogP contribution in [0.25, 0.3) is 0 Å². The van der Waals surface area contributed by atoms with E-state index in [1.165, 1.54) is 44.9 Å². The second-order valence-electron chi connectivity index (χ2n) is 5.21. The third kappa shape index (κ3) is 6.29. The van der Waals surface area contributed by atoms with Crippen molar-refractivity contribution < 1.29 is 0 Å². The average Bonchev–Trinajstić information content (AvgIpc) is 2.46. The first kappa shape index (κ1) is 15.6. The molecule has 0 spiro atoms. The Bertz CT molecular complexity index is 392. The first-order valence-electron chi connectivity index (χ1n) is 7.49. The van der Waals surface area contributed by atoms with Gasteiger partial charge in [-0.15, -0.1) is 0 Å². The lowest BCUT2D eigenvalue weighted by molar-refractivity contribution is 0.588. The molecule has 0 fully saturated rings. The second kappa shape index (κ2) is 9.44. The van der Waals surface area contributed by atoms with Crippen molar-refractivity contribution in [2.75, 3.05) is 18.5 Å². The van der Waals surface area contributed by atoms with Gasteiger partial charge in [0.2, 0.25) is 0 Å². The summed E-state index contributed by atoms with van der Waals surface area (Å²) in [4.78, 5) is 2.24. The summed E-state index contributed by atoms with van der Waals surface area (Å²) in [6.07, 6.45) is 9.36. The van der Waals surface area contributed by atoms with Crippen LogP contribution in [0.3, 0.4) is 0 Å². The van der Waals surface area contributed by atoms with Gasteiger partial charge in [-0.2, -0.15) is 5.26 Å². The molecule has 0 saturated heterocycles.